The summed E-state index contributed by atoms with van der Waals surface area (Å²) in [6.07, 6.45) is 1.54. The van der Waals surface area contributed by atoms with E-state index < -0.39 is 0 Å². The smallest absolute Gasteiger partial charge is 0.262 e. The summed E-state index contributed by atoms with van der Waals surface area (Å²) in [6, 6.07) is 10.3. The van der Waals surface area contributed by atoms with Crippen LogP contribution >= 0.6 is 11.6 Å². The molecule has 1 aromatic carbocycles. The summed E-state index contributed by atoms with van der Waals surface area (Å²) in [6.45, 7) is 0.281. The van der Waals surface area contributed by atoms with Crippen LogP contribution in [0, 0.1) is 0 Å². The molecule has 0 unspecified atom stereocenters. The monoisotopic (exact) mass is 291 g/mol. The zero-order valence-corrected chi connectivity index (χ0v) is 11.4. The fourth-order valence-corrected chi connectivity index (χ4v) is 1.62. The van der Waals surface area contributed by atoms with Gasteiger partial charge in [-0.25, -0.2) is 0 Å². The number of halogens is 1. The number of carbonyl (C=O) groups is 1. The molecule has 3 N–H and O–H groups in total. The van der Waals surface area contributed by atoms with E-state index in [4.69, 9.17) is 22.1 Å². The first-order valence-corrected chi connectivity index (χ1v) is 6.38. The SMILES string of the molecule is NCc1ccc(OCC(=O)Nc2ccc(Cl)cc2)cn1. The number of anilines is 1. The number of amides is 1. The highest BCUT2D eigenvalue weighted by atomic mass is 35.5. The summed E-state index contributed by atoms with van der Waals surface area (Å²) < 4.78 is 5.32. The first-order chi connectivity index (χ1) is 9.67. The van der Waals surface area contributed by atoms with Gasteiger partial charge in [-0.2, -0.15) is 0 Å². The van der Waals surface area contributed by atoms with Crippen molar-refractivity contribution in [2.45, 2.75) is 6.54 Å². The summed E-state index contributed by atoms with van der Waals surface area (Å²) in [7, 11) is 0. The zero-order valence-electron chi connectivity index (χ0n) is 10.7. The molecule has 0 aliphatic heterocycles. The van der Waals surface area contributed by atoms with Crippen LogP contribution in [0.2, 0.25) is 5.02 Å². The molecule has 0 saturated heterocycles. The molecule has 0 aliphatic carbocycles. The summed E-state index contributed by atoms with van der Waals surface area (Å²) in [5, 5.41) is 3.31. The van der Waals surface area contributed by atoms with Crippen molar-refractivity contribution in [3.05, 3.63) is 53.3 Å². The number of rotatable bonds is 5. The molecule has 0 saturated carbocycles. The number of carbonyl (C=O) groups excluding carboxylic acids is 1. The Morgan fingerprint density at radius 1 is 1.25 bits per heavy atom. The lowest BCUT2D eigenvalue weighted by Crippen LogP contribution is -2.20. The van der Waals surface area contributed by atoms with Gasteiger partial charge in [-0.05, 0) is 36.4 Å². The number of aromatic nitrogens is 1. The van der Waals surface area contributed by atoms with Gasteiger partial charge in [0.1, 0.15) is 5.75 Å². The Morgan fingerprint density at radius 3 is 2.60 bits per heavy atom. The van der Waals surface area contributed by atoms with E-state index in [-0.39, 0.29) is 12.5 Å². The molecule has 20 heavy (non-hydrogen) atoms. The third kappa shape index (κ3) is 4.22. The third-order valence-electron chi connectivity index (χ3n) is 2.50. The molecule has 104 valence electrons. The van der Waals surface area contributed by atoms with E-state index in [0.717, 1.165) is 5.69 Å². The molecule has 1 amide bonds. The number of nitrogens with two attached hydrogens (primary N) is 1. The summed E-state index contributed by atoms with van der Waals surface area (Å²) >= 11 is 5.76. The Kier molecular flexibility index (Phi) is 4.92. The van der Waals surface area contributed by atoms with E-state index >= 15 is 0 Å². The van der Waals surface area contributed by atoms with Crippen LogP contribution in [-0.2, 0) is 11.3 Å². The molecule has 0 fully saturated rings. The second-order valence-electron chi connectivity index (χ2n) is 4.03. The number of hydrogen-bond donors (Lipinski definition) is 2. The summed E-state index contributed by atoms with van der Waals surface area (Å²) in [4.78, 5) is 15.8. The van der Waals surface area contributed by atoms with Crippen molar-refractivity contribution in [1.29, 1.82) is 0 Å². The Morgan fingerprint density at radius 2 is 2.00 bits per heavy atom. The number of hydrogen-bond acceptors (Lipinski definition) is 4. The Hall–Kier alpha value is -2.11. The molecule has 5 nitrogen and oxygen atoms in total. The van der Waals surface area contributed by atoms with Gasteiger partial charge in [0.15, 0.2) is 6.61 Å². The van der Waals surface area contributed by atoms with Crippen LogP contribution in [-0.4, -0.2) is 17.5 Å². The lowest BCUT2D eigenvalue weighted by atomic mass is 10.3. The van der Waals surface area contributed by atoms with Crippen molar-refractivity contribution in [2.75, 3.05) is 11.9 Å². The minimum Gasteiger partial charge on any atom is -0.482 e. The number of nitrogens with zero attached hydrogens (tertiary/aromatic N) is 1. The molecule has 6 heteroatoms. The van der Waals surface area contributed by atoms with Gasteiger partial charge in [0, 0.05) is 17.3 Å². The topological polar surface area (TPSA) is 77.2 Å². The second-order valence-corrected chi connectivity index (χ2v) is 4.47. The lowest BCUT2D eigenvalue weighted by molar-refractivity contribution is -0.118. The van der Waals surface area contributed by atoms with Crippen LogP contribution in [0.5, 0.6) is 5.75 Å². The number of benzene rings is 1. The average molecular weight is 292 g/mol. The standard InChI is InChI=1S/C14H14ClN3O2/c15-10-1-3-11(4-2-10)18-14(19)9-20-13-6-5-12(7-16)17-8-13/h1-6,8H,7,9,16H2,(H,18,19). The van der Waals surface area contributed by atoms with E-state index in [9.17, 15) is 4.79 Å². The van der Waals surface area contributed by atoms with Gasteiger partial charge in [0.25, 0.3) is 5.91 Å². The lowest BCUT2D eigenvalue weighted by Gasteiger charge is -2.07. The maximum Gasteiger partial charge on any atom is 0.262 e. The molecule has 1 heterocycles. The highest BCUT2D eigenvalue weighted by molar-refractivity contribution is 6.30. The largest absolute Gasteiger partial charge is 0.482 e. The highest BCUT2D eigenvalue weighted by Crippen LogP contribution is 2.13. The van der Waals surface area contributed by atoms with Crippen molar-refractivity contribution in [3.8, 4) is 5.75 Å². The van der Waals surface area contributed by atoms with Crippen LogP contribution in [0.1, 0.15) is 5.69 Å². The van der Waals surface area contributed by atoms with Crippen molar-refractivity contribution in [1.82, 2.24) is 4.98 Å². The third-order valence-corrected chi connectivity index (χ3v) is 2.76. The molecular formula is C14H14ClN3O2. The first kappa shape index (κ1) is 14.3. The van der Waals surface area contributed by atoms with Crippen molar-refractivity contribution in [2.24, 2.45) is 5.73 Å². The normalized spacial score (nSPS) is 10.1. The van der Waals surface area contributed by atoms with Gasteiger partial charge in [-0.1, -0.05) is 11.6 Å². The molecule has 2 rings (SSSR count). The molecule has 0 aliphatic rings. The predicted octanol–water partition coefficient (Wildman–Crippen LogP) is 2.21. The zero-order chi connectivity index (χ0) is 14.4. The van der Waals surface area contributed by atoms with Gasteiger partial charge >= 0.3 is 0 Å². The fourth-order valence-electron chi connectivity index (χ4n) is 1.50. The van der Waals surface area contributed by atoms with Gasteiger partial charge < -0.3 is 15.8 Å². The van der Waals surface area contributed by atoms with Crippen molar-refractivity contribution in [3.63, 3.8) is 0 Å². The maximum atomic E-state index is 11.7. The van der Waals surface area contributed by atoms with Gasteiger partial charge in [0.05, 0.1) is 11.9 Å². The highest BCUT2D eigenvalue weighted by Gasteiger charge is 2.04. The van der Waals surface area contributed by atoms with E-state index in [2.05, 4.69) is 10.3 Å². The van der Waals surface area contributed by atoms with Crippen molar-refractivity contribution >= 4 is 23.2 Å². The minimum atomic E-state index is -0.254. The Balaban J connectivity index is 1.83. The molecule has 0 radical (unpaired) electrons. The second kappa shape index (κ2) is 6.88. The summed E-state index contributed by atoms with van der Waals surface area (Å²) in [5.41, 5.74) is 6.87. The number of ether oxygens (including phenoxy) is 1. The quantitative estimate of drug-likeness (QED) is 0.885. The molecule has 0 spiro atoms. The van der Waals surface area contributed by atoms with Gasteiger partial charge in [-0.3, -0.25) is 9.78 Å². The van der Waals surface area contributed by atoms with E-state index in [1.165, 1.54) is 6.20 Å². The molecular weight excluding hydrogens is 278 g/mol. The molecule has 2 aromatic rings. The maximum absolute atomic E-state index is 11.7. The van der Waals surface area contributed by atoms with Crippen LogP contribution < -0.4 is 15.8 Å². The molecule has 0 bridgehead atoms. The van der Waals surface area contributed by atoms with Gasteiger partial charge in [0.2, 0.25) is 0 Å². The minimum absolute atomic E-state index is 0.0910. The molecule has 1 aromatic heterocycles. The van der Waals surface area contributed by atoms with E-state index in [0.29, 0.717) is 23.0 Å². The molecule has 0 atom stereocenters. The average Bonchev–Trinajstić information content (AvgIpc) is 2.48. The van der Waals surface area contributed by atoms with Crippen LogP contribution in [0.4, 0.5) is 5.69 Å². The summed E-state index contributed by atoms with van der Waals surface area (Å²) in [5.74, 6) is 0.267. The number of pyridine rings is 1. The Bertz CT molecular complexity index is 570. The van der Waals surface area contributed by atoms with Crippen LogP contribution in [0.3, 0.4) is 0 Å². The van der Waals surface area contributed by atoms with E-state index in [1.54, 1.807) is 36.4 Å². The number of nitrogens with one attached hydrogen (secondary N) is 1. The van der Waals surface area contributed by atoms with E-state index in [1.807, 2.05) is 0 Å². The van der Waals surface area contributed by atoms with Crippen molar-refractivity contribution < 1.29 is 9.53 Å². The van der Waals surface area contributed by atoms with Crippen LogP contribution in [0.25, 0.3) is 0 Å². The first-order valence-electron chi connectivity index (χ1n) is 6.00. The Labute approximate surface area is 121 Å². The predicted molar refractivity (Wildman–Crippen MR) is 77.7 cm³/mol. The van der Waals surface area contributed by atoms with Gasteiger partial charge in [-0.15, -0.1) is 0 Å². The fraction of sp³-hybridized carbons (Fsp3) is 0.143. The van der Waals surface area contributed by atoms with Crippen LogP contribution in [0.15, 0.2) is 42.6 Å².